The molecule has 0 spiro atoms. The Kier molecular flexibility index (Phi) is 4.44. The molecule has 0 bridgehead atoms. The molecule has 2 aromatic carbocycles. The highest BCUT2D eigenvalue weighted by Crippen LogP contribution is 2.40. The lowest BCUT2D eigenvalue weighted by Gasteiger charge is -2.15. The number of benzene rings is 2. The summed E-state index contributed by atoms with van der Waals surface area (Å²) in [7, 11) is 1.56. The molecule has 1 heterocycles. The number of halogens is 3. The van der Waals surface area contributed by atoms with Gasteiger partial charge >= 0.3 is 0 Å². The highest BCUT2D eigenvalue weighted by Gasteiger charge is 2.22. The van der Waals surface area contributed by atoms with Crippen LogP contribution in [-0.2, 0) is 0 Å². The van der Waals surface area contributed by atoms with Gasteiger partial charge in [0.25, 0.3) is 0 Å². The van der Waals surface area contributed by atoms with Crippen molar-refractivity contribution in [1.29, 1.82) is 0 Å². The number of methoxy groups -OCH3 is 1. The van der Waals surface area contributed by atoms with Gasteiger partial charge in [-0.1, -0.05) is 29.8 Å². The summed E-state index contributed by atoms with van der Waals surface area (Å²) in [5.74, 6) is -0.749. The van der Waals surface area contributed by atoms with Crippen LogP contribution in [-0.4, -0.2) is 17.3 Å². The summed E-state index contributed by atoms with van der Waals surface area (Å²) in [4.78, 5) is 0. The molecule has 3 nitrogen and oxygen atoms in total. The molecule has 0 unspecified atom stereocenters. The molecule has 0 saturated heterocycles. The molecule has 24 heavy (non-hydrogen) atoms. The summed E-state index contributed by atoms with van der Waals surface area (Å²) in [5.41, 5.74) is 1.72. The van der Waals surface area contributed by atoms with Crippen molar-refractivity contribution in [3.8, 4) is 28.0 Å². The summed E-state index contributed by atoms with van der Waals surface area (Å²) in [6.45, 7) is 1.71. The van der Waals surface area contributed by atoms with E-state index in [1.54, 1.807) is 38.3 Å². The van der Waals surface area contributed by atoms with Crippen molar-refractivity contribution in [3.05, 3.63) is 64.9 Å². The zero-order valence-electron chi connectivity index (χ0n) is 13.0. The van der Waals surface area contributed by atoms with E-state index in [9.17, 15) is 8.78 Å². The second kappa shape index (κ2) is 6.53. The number of nitrogens with zero attached hydrogens (tertiary/aromatic N) is 2. The van der Waals surface area contributed by atoms with Gasteiger partial charge in [0.15, 0.2) is 5.15 Å². The monoisotopic (exact) mass is 346 g/mol. The second-order valence-corrected chi connectivity index (χ2v) is 5.51. The number of ether oxygens (including phenoxy) is 1. The molecule has 122 valence electrons. The molecule has 0 aliphatic carbocycles. The third-order valence-electron chi connectivity index (χ3n) is 3.70. The maximum Gasteiger partial charge on any atom is 0.160 e. The number of rotatable bonds is 3. The Bertz CT molecular complexity index is 878. The van der Waals surface area contributed by atoms with Gasteiger partial charge in [0, 0.05) is 11.1 Å². The zero-order chi connectivity index (χ0) is 17.3. The van der Waals surface area contributed by atoms with Crippen LogP contribution in [0.25, 0.3) is 22.3 Å². The second-order valence-electron chi connectivity index (χ2n) is 5.15. The first-order valence-electron chi connectivity index (χ1n) is 7.14. The fourth-order valence-electron chi connectivity index (χ4n) is 2.58. The molecule has 0 N–H and O–H groups in total. The van der Waals surface area contributed by atoms with Gasteiger partial charge in [-0.05, 0) is 36.8 Å². The van der Waals surface area contributed by atoms with Gasteiger partial charge in [-0.15, -0.1) is 5.10 Å². The molecule has 0 aliphatic rings. The van der Waals surface area contributed by atoms with E-state index in [2.05, 4.69) is 10.2 Å². The van der Waals surface area contributed by atoms with Crippen molar-refractivity contribution in [3.63, 3.8) is 0 Å². The Morgan fingerprint density at radius 3 is 2.08 bits per heavy atom. The van der Waals surface area contributed by atoms with E-state index >= 15 is 0 Å². The first-order valence-corrected chi connectivity index (χ1v) is 7.52. The Morgan fingerprint density at radius 1 is 0.875 bits per heavy atom. The van der Waals surface area contributed by atoms with Gasteiger partial charge in [0.2, 0.25) is 0 Å². The van der Waals surface area contributed by atoms with Gasteiger partial charge in [-0.3, -0.25) is 0 Å². The van der Waals surface area contributed by atoms with E-state index in [0.29, 0.717) is 22.6 Å². The van der Waals surface area contributed by atoms with E-state index in [-0.39, 0.29) is 16.3 Å². The fourth-order valence-corrected chi connectivity index (χ4v) is 2.81. The molecule has 0 atom stereocenters. The fraction of sp³-hybridized carbons (Fsp3) is 0.111. The summed E-state index contributed by atoms with van der Waals surface area (Å²) < 4.78 is 33.7. The van der Waals surface area contributed by atoms with E-state index in [1.165, 1.54) is 18.2 Å². The third kappa shape index (κ3) is 2.83. The minimum absolute atomic E-state index is 0.0598. The molecule has 0 radical (unpaired) electrons. The maximum atomic E-state index is 14.3. The normalized spacial score (nSPS) is 10.7. The van der Waals surface area contributed by atoms with Crippen LogP contribution in [0.5, 0.6) is 5.75 Å². The third-order valence-corrected chi connectivity index (χ3v) is 3.96. The quantitative estimate of drug-likeness (QED) is 0.665. The minimum atomic E-state index is -0.709. The molecular formula is C18H13ClF2N2O. The summed E-state index contributed by atoms with van der Waals surface area (Å²) >= 11 is 6.16. The lowest BCUT2D eigenvalue weighted by molar-refractivity contribution is 0.415. The van der Waals surface area contributed by atoms with Crippen molar-refractivity contribution in [2.24, 2.45) is 0 Å². The summed E-state index contributed by atoms with van der Waals surface area (Å²) in [5, 5.41) is 7.74. The van der Waals surface area contributed by atoms with Crippen LogP contribution in [0, 0.1) is 18.6 Å². The van der Waals surface area contributed by atoms with Crippen LogP contribution in [0.15, 0.2) is 42.5 Å². The number of aryl methyl sites for hydroxylation is 1. The number of hydrogen-bond donors (Lipinski definition) is 0. The molecule has 0 amide bonds. The van der Waals surface area contributed by atoms with Crippen molar-refractivity contribution in [2.45, 2.75) is 6.92 Å². The largest absolute Gasteiger partial charge is 0.497 e. The smallest absolute Gasteiger partial charge is 0.160 e. The Hall–Kier alpha value is -2.53. The average molecular weight is 347 g/mol. The molecule has 0 aliphatic heterocycles. The van der Waals surface area contributed by atoms with Gasteiger partial charge in [0.1, 0.15) is 17.4 Å². The van der Waals surface area contributed by atoms with E-state index in [0.717, 1.165) is 0 Å². The van der Waals surface area contributed by atoms with E-state index in [1.807, 2.05) is 0 Å². The van der Waals surface area contributed by atoms with Crippen molar-refractivity contribution >= 4 is 11.6 Å². The standard InChI is InChI=1S/C18H13ClF2N2O/c1-10-15(11-6-8-12(24-2)9-7-11)17(18(19)23-22-10)16-13(20)4-3-5-14(16)21/h3-9H,1-2H3. The van der Waals surface area contributed by atoms with Crippen LogP contribution >= 0.6 is 11.6 Å². The zero-order valence-corrected chi connectivity index (χ0v) is 13.7. The Morgan fingerprint density at radius 2 is 1.50 bits per heavy atom. The van der Waals surface area contributed by atoms with Gasteiger partial charge in [-0.2, -0.15) is 5.10 Å². The molecule has 0 fully saturated rings. The Labute approximate surface area is 142 Å². The highest BCUT2D eigenvalue weighted by atomic mass is 35.5. The van der Waals surface area contributed by atoms with Crippen molar-refractivity contribution < 1.29 is 13.5 Å². The van der Waals surface area contributed by atoms with E-state index < -0.39 is 11.6 Å². The lowest BCUT2D eigenvalue weighted by Crippen LogP contribution is -2.00. The first-order chi connectivity index (χ1) is 11.5. The van der Waals surface area contributed by atoms with E-state index in [4.69, 9.17) is 16.3 Å². The van der Waals surface area contributed by atoms with Crippen LogP contribution in [0.3, 0.4) is 0 Å². The van der Waals surface area contributed by atoms with Crippen LogP contribution in [0.1, 0.15) is 5.69 Å². The minimum Gasteiger partial charge on any atom is -0.497 e. The summed E-state index contributed by atoms with van der Waals surface area (Å²) in [6.07, 6.45) is 0. The average Bonchev–Trinajstić information content (AvgIpc) is 2.58. The van der Waals surface area contributed by atoms with Gasteiger partial charge in [-0.25, -0.2) is 8.78 Å². The van der Waals surface area contributed by atoms with Crippen LogP contribution in [0.4, 0.5) is 8.78 Å². The molecular weight excluding hydrogens is 334 g/mol. The molecule has 3 aromatic rings. The van der Waals surface area contributed by atoms with Crippen molar-refractivity contribution in [1.82, 2.24) is 10.2 Å². The molecule has 3 rings (SSSR count). The Balaban J connectivity index is 2.32. The SMILES string of the molecule is COc1ccc(-c2c(C)nnc(Cl)c2-c2c(F)cccc2F)cc1. The van der Waals surface area contributed by atoms with Crippen LogP contribution in [0.2, 0.25) is 5.15 Å². The molecule has 1 aromatic heterocycles. The summed E-state index contributed by atoms with van der Waals surface area (Å²) in [6, 6.07) is 10.7. The molecule has 6 heteroatoms. The predicted molar refractivity (Wildman–Crippen MR) is 89.1 cm³/mol. The number of aromatic nitrogens is 2. The maximum absolute atomic E-state index is 14.3. The topological polar surface area (TPSA) is 35.0 Å². The number of hydrogen-bond acceptors (Lipinski definition) is 3. The predicted octanol–water partition coefficient (Wildman–Crippen LogP) is 5.06. The molecule has 0 saturated carbocycles. The van der Waals surface area contributed by atoms with Gasteiger partial charge < -0.3 is 4.74 Å². The lowest BCUT2D eigenvalue weighted by atomic mass is 9.94. The van der Waals surface area contributed by atoms with Crippen LogP contribution < -0.4 is 4.74 Å². The van der Waals surface area contributed by atoms with Crippen molar-refractivity contribution in [2.75, 3.05) is 7.11 Å². The van der Waals surface area contributed by atoms with Gasteiger partial charge in [0.05, 0.1) is 18.4 Å². The first kappa shape index (κ1) is 16.3. The highest BCUT2D eigenvalue weighted by molar-refractivity contribution is 6.32.